The van der Waals surface area contributed by atoms with E-state index in [2.05, 4.69) is 67.8 Å². The van der Waals surface area contributed by atoms with Crippen LogP contribution in [0.2, 0.25) is 0 Å². The van der Waals surface area contributed by atoms with E-state index < -0.39 is 12.0 Å². The minimum absolute atomic E-state index is 0.227. The van der Waals surface area contributed by atoms with Crippen LogP contribution < -0.4 is 0 Å². The molecule has 0 aliphatic carbocycles. The molecule has 2 atom stereocenters. The number of benzene rings is 1. The lowest BCUT2D eigenvalue weighted by Gasteiger charge is -2.22. The summed E-state index contributed by atoms with van der Waals surface area (Å²) in [4.78, 5) is 25.5. The van der Waals surface area contributed by atoms with Crippen LogP contribution in [0.15, 0.2) is 12.1 Å². The van der Waals surface area contributed by atoms with Gasteiger partial charge in [-0.3, -0.25) is 4.79 Å². The average molecular weight is 627 g/mol. The first-order valence-electron chi connectivity index (χ1n) is 6.06. The highest BCUT2D eigenvalue weighted by Gasteiger charge is 2.40. The lowest BCUT2D eigenvalue weighted by Crippen LogP contribution is -2.41. The van der Waals surface area contributed by atoms with Gasteiger partial charge in [-0.25, -0.2) is 4.79 Å². The van der Waals surface area contributed by atoms with E-state index in [1.54, 1.807) is 6.07 Å². The van der Waals surface area contributed by atoms with Gasteiger partial charge in [0.25, 0.3) is 5.91 Å². The Morgan fingerprint density at radius 2 is 2.00 bits per heavy atom. The van der Waals surface area contributed by atoms with Crippen molar-refractivity contribution in [3.05, 3.63) is 28.4 Å². The van der Waals surface area contributed by atoms with Gasteiger partial charge in [0.2, 0.25) is 0 Å². The first kappa shape index (κ1) is 17.7. The number of nitrogens with zero attached hydrogens (tertiary/aromatic N) is 1. The number of carbonyl (C=O) groups excluding carboxylic acids is 1. The van der Waals surface area contributed by atoms with Gasteiger partial charge in [0, 0.05) is 30.8 Å². The quantitative estimate of drug-likeness (QED) is 0.414. The third-order valence-electron chi connectivity index (χ3n) is 3.37. The smallest absolute Gasteiger partial charge is 0.326 e. The molecule has 5 nitrogen and oxygen atoms in total. The molecule has 114 valence electrons. The summed E-state index contributed by atoms with van der Waals surface area (Å²) in [7, 11) is 1.54. The van der Waals surface area contributed by atoms with Crippen LogP contribution in [0.3, 0.4) is 0 Å². The Morgan fingerprint density at radius 3 is 2.57 bits per heavy atom. The maximum absolute atomic E-state index is 12.7. The third-order valence-corrected chi connectivity index (χ3v) is 7.03. The van der Waals surface area contributed by atoms with E-state index in [1.165, 1.54) is 12.0 Å². The second kappa shape index (κ2) is 7.25. The van der Waals surface area contributed by atoms with E-state index in [-0.39, 0.29) is 12.0 Å². The van der Waals surface area contributed by atoms with Gasteiger partial charge in [0.15, 0.2) is 0 Å². The number of amides is 1. The molecule has 0 saturated carbocycles. The van der Waals surface area contributed by atoms with Crippen LogP contribution in [0.4, 0.5) is 0 Å². The lowest BCUT2D eigenvalue weighted by atomic mass is 10.1. The second-order valence-electron chi connectivity index (χ2n) is 4.65. The van der Waals surface area contributed by atoms with E-state index in [1.807, 2.05) is 6.07 Å². The number of carbonyl (C=O) groups is 2. The number of ether oxygens (including phenoxy) is 1. The van der Waals surface area contributed by atoms with Crippen LogP contribution >= 0.6 is 67.8 Å². The fourth-order valence-electron chi connectivity index (χ4n) is 2.29. The van der Waals surface area contributed by atoms with Gasteiger partial charge in [-0.05, 0) is 79.9 Å². The van der Waals surface area contributed by atoms with Crippen LogP contribution in [0.1, 0.15) is 16.8 Å². The van der Waals surface area contributed by atoms with E-state index in [4.69, 9.17) is 4.74 Å². The Kier molecular flexibility index (Phi) is 6.10. The topological polar surface area (TPSA) is 66.8 Å². The standard InChI is InChI=1S/C13H12I3NO4/c1-21-7-4-10(13(19)20)17(5-7)12(18)8-2-6(14)3-9(15)11(8)16/h2-3,7,10H,4-5H2,1H3,(H,19,20). The zero-order chi connectivity index (χ0) is 15.7. The summed E-state index contributed by atoms with van der Waals surface area (Å²) < 4.78 is 8.01. The predicted octanol–water partition coefficient (Wildman–Crippen LogP) is 2.81. The molecule has 1 N–H and O–H groups in total. The largest absolute Gasteiger partial charge is 0.480 e. The van der Waals surface area contributed by atoms with Crippen molar-refractivity contribution in [2.45, 2.75) is 18.6 Å². The number of rotatable bonds is 3. The molecule has 1 saturated heterocycles. The first-order valence-corrected chi connectivity index (χ1v) is 9.30. The molecule has 0 radical (unpaired) electrons. The van der Waals surface area contributed by atoms with Crippen molar-refractivity contribution in [3.63, 3.8) is 0 Å². The van der Waals surface area contributed by atoms with Gasteiger partial charge in [-0.15, -0.1) is 0 Å². The van der Waals surface area contributed by atoms with Crippen LogP contribution in [-0.4, -0.2) is 47.7 Å². The number of likely N-dealkylation sites (tertiary alicyclic amines) is 1. The molecular formula is C13H12I3NO4. The first-order chi connectivity index (χ1) is 9.85. The van der Waals surface area contributed by atoms with E-state index in [9.17, 15) is 14.7 Å². The monoisotopic (exact) mass is 627 g/mol. The number of aliphatic carboxylic acids is 1. The molecule has 0 aromatic heterocycles. The Bertz CT molecular complexity index is 593. The van der Waals surface area contributed by atoms with Crippen LogP contribution in [0.5, 0.6) is 0 Å². The average Bonchev–Trinajstić information content (AvgIpc) is 2.86. The number of carboxylic acid groups (broad SMARTS) is 1. The Morgan fingerprint density at radius 1 is 1.33 bits per heavy atom. The third kappa shape index (κ3) is 3.80. The summed E-state index contributed by atoms with van der Waals surface area (Å²) in [6, 6.07) is 2.95. The van der Waals surface area contributed by atoms with Gasteiger partial charge in [0.1, 0.15) is 6.04 Å². The van der Waals surface area contributed by atoms with Crippen molar-refractivity contribution in [2.75, 3.05) is 13.7 Å². The van der Waals surface area contributed by atoms with Crippen LogP contribution in [0.25, 0.3) is 0 Å². The summed E-state index contributed by atoms with van der Waals surface area (Å²) in [5.74, 6) is -1.24. The van der Waals surface area contributed by atoms with Gasteiger partial charge < -0.3 is 14.7 Å². The zero-order valence-electron chi connectivity index (χ0n) is 11.0. The summed E-state index contributed by atoms with van der Waals surface area (Å²) >= 11 is 6.46. The normalized spacial score (nSPS) is 21.6. The summed E-state index contributed by atoms with van der Waals surface area (Å²) in [5, 5.41) is 9.32. The highest BCUT2D eigenvalue weighted by molar-refractivity contribution is 14.1. The maximum atomic E-state index is 12.7. The molecule has 1 fully saturated rings. The van der Waals surface area contributed by atoms with Crippen molar-refractivity contribution >= 4 is 79.6 Å². The van der Waals surface area contributed by atoms with Gasteiger partial charge >= 0.3 is 5.97 Å². The Labute approximate surface area is 163 Å². The molecule has 0 spiro atoms. The molecule has 0 bridgehead atoms. The minimum Gasteiger partial charge on any atom is -0.480 e. The lowest BCUT2D eigenvalue weighted by molar-refractivity contribution is -0.141. The van der Waals surface area contributed by atoms with Crippen molar-refractivity contribution in [2.24, 2.45) is 0 Å². The number of halogens is 3. The second-order valence-corrected chi connectivity index (χ2v) is 8.14. The summed E-state index contributed by atoms with van der Waals surface area (Å²) in [6.07, 6.45) is 0.101. The molecular weight excluding hydrogens is 615 g/mol. The SMILES string of the molecule is COC1CC(C(=O)O)N(C(=O)c2cc(I)cc(I)c2I)C1. The van der Waals surface area contributed by atoms with Crippen LogP contribution in [0, 0.1) is 10.7 Å². The number of carboxylic acids is 1. The molecule has 1 aromatic rings. The minimum atomic E-state index is -0.988. The Hall–Kier alpha value is 0.310. The molecule has 21 heavy (non-hydrogen) atoms. The highest BCUT2D eigenvalue weighted by atomic mass is 127. The fourth-order valence-corrected chi connectivity index (χ4v) is 4.68. The number of hydrogen-bond donors (Lipinski definition) is 1. The van der Waals surface area contributed by atoms with Crippen molar-refractivity contribution < 1.29 is 19.4 Å². The highest BCUT2D eigenvalue weighted by Crippen LogP contribution is 2.28. The number of methoxy groups -OCH3 is 1. The molecule has 8 heteroatoms. The molecule has 1 aromatic carbocycles. The fraction of sp³-hybridized carbons (Fsp3) is 0.385. The van der Waals surface area contributed by atoms with E-state index >= 15 is 0 Å². The predicted molar refractivity (Wildman–Crippen MR) is 102 cm³/mol. The molecule has 1 aliphatic rings. The zero-order valence-corrected chi connectivity index (χ0v) is 17.4. The molecule has 1 heterocycles. The van der Waals surface area contributed by atoms with Gasteiger partial charge in [-0.1, -0.05) is 0 Å². The van der Waals surface area contributed by atoms with Crippen molar-refractivity contribution in [1.82, 2.24) is 4.90 Å². The Balaban J connectivity index is 2.37. The molecule has 1 amide bonds. The summed E-state index contributed by atoms with van der Waals surface area (Å²) in [5.41, 5.74) is 0.551. The molecule has 1 aliphatic heterocycles. The van der Waals surface area contributed by atoms with Crippen molar-refractivity contribution in [1.29, 1.82) is 0 Å². The van der Waals surface area contributed by atoms with Gasteiger partial charge in [-0.2, -0.15) is 0 Å². The van der Waals surface area contributed by atoms with Crippen molar-refractivity contribution in [3.8, 4) is 0 Å². The molecule has 2 unspecified atom stereocenters. The van der Waals surface area contributed by atoms with Crippen LogP contribution in [-0.2, 0) is 9.53 Å². The van der Waals surface area contributed by atoms with Gasteiger partial charge in [0.05, 0.1) is 11.7 Å². The summed E-state index contributed by atoms with van der Waals surface area (Å²) in [6.45, 7) is 0.310. The van der Waals surface area contributed by atoms with E-state index in [0.717, 1.165) is 10.7 Å². The van der Waals surface area contributed by atoms with E-state index in [0.29, 0.717) is 18.5 Å². The molecule has 2 rings (SSSR count). The maximum Gasteiger partial charge on any atom is 0.326 e. The number of hydrogen-bond acceptors (Lipinski definition) is 3.